The van der Waals surface area contributed by atoms with Gasteiger partial charge in [0.1, 0.15) is 0 Å². The van der Waals surface area contributed by atoms with Gasteiger partial charge in [-0.25, -0.2) is 0 Å². The first-order valence-electron chi connectivity index (χ1n) is 8.17. The third-order valence-electron chi connectivity index (χ3n) is 4.45. The Morgan fingerprint density at radius 3 is 2.33 bits per heavy atom. The molecule has 0 aliphatic heterocycles. The lowest BCUT2D eigenvalue weighted by atomic mass is 9.99. The monoisotopic (exact) mass is 424 g/mol. The van der Waals surface area contributed by atoms with Gasteiger partial charge < -0.3 is 0 Å². The van der Waals surface area contributed by atoms with Crippen LogP contribution < -0.4 is 0 Å². The summed E-state index contributed by atoms with van der Waals surface area (Å²) in [7, 11) is -2.32. The van der Waals surface area contributed by atoms with Crippen LogP contribution in [0.2, 0.25) is 10.0 Å². The van der Waals surface area contributed by atoms with E-state index in [4.69, 9.17) is 27.8 Å². The van der Waals surface area contributed by atoms with Crippen LogP contribution in [0.15, 0.2) is 47.4 Å². The van der Waals surface area contributed by atoms with E-state index in [2.05, 4.69) is 5.10 Å². The molecule has 1 heterocycles. The van der Waals surface area contributed by atoms with E-state index >= 15 is 0 Å². The zero-order valence-corrected chi connectivity index (χ0v) is 17.1. The lowest BCUT2D eigenvalue weighted by Gasteiger charge is -2.09. The zero-order chi connectivity index (χ0) is 19.8. The van der Waals surface area contributed by atoms with Crippen molar-refractivity contribution in [1.29, 1.82) is 0 Å². The standard InChI is InChI=1S/C19H18Cl2N2O3S/c1-12-17(10-14-5-6-15(20)11-18(14)21)19(23(2)22-12)9-13-3-7-16(8-4-13)27(24,25)26/h3-8,11H,9-10H2,1-2H3,(H,24,25,26). The number of hydrogen-bond acceptors (Lipinski definition) is 3. The van der Waals surface area contributed by atoms with Crippen LogP contribution in [0.3, 0.4) is 0 Å². The summed E-state index contributed by atoms with van der Waals surface area (Å²) in [5.74, 6) is 0. The molecule has 142 valence electrons. The van der Waals surface area contributed by atoms with Crippen molar-refractivity contribution in [1.82, 2.24) is 9.78 Å². The SMILES string of the molecule is Cc1nn(C)c(Cc2ccc(S(=O)(=O)O)cc2)c1Cc1ccc(Cl)cc1Cl. The minimum atomic E-state index is -4.20. The Bertz CT molecular complexity index is 1090. The van der Waals surface area contributed by atoms with E-state index in [1.807, 2.05) is 30.8 Å². The van der Waals surface area contributed by atoms with Gasteiger partial charge in [-0.1, -0.05) is 41.4 Å². The largest absolute Gasteiger partial charge is 0.294 e. The van der Waals surface area contributed by atoms with Crippen molar-refractivity contribution in [2.45, 2.75) is 24.7 Å². The summed E-state index contributed by atoms with van der Waals surface area (Å²) < 4.78 is 33.3. The molecule has 0 amide bonds. The van der Waals surface area contributed by atoms with Crippen molar-refractivity contribution in [3.05, 3.63) is 80.6 Å². The van der Waals surface area contributed by atoms with Crippen molar-refractivity contribution in [3.8, 4) is 0 Å². The van der Waals surface area contributed by atoms with Gasteiger partial charge in [-0.15, -0.1) is 0 Å². The van der Waals surface area contributed by atoms with Gasteiger partial charge >= 0.3 is 0 Å². The molecule has 2 aromatic carbocycles. The fourth-order valence-electron chi connectivity index (χ4n) is 3.03. The van der Waals surface area contributed by atoms with Crippen LogP contribution in [-0.4, -0.2) is 22.8 Å². The minimum Gasteiger partial charge on any atom is -0.282 e. The maximum absolute atomic E-state index is 11.2. The average molecular weight is 425 g/mol. The normalized spacial score (nSPS) is 11.7. The molecule has 0 saturated carbocycles. The Hall–Kier alpha value is -1.86. The van der Waals surface area contributed by atoms with Crippen LogP contribution >= 0.6 is 23.2 Å². The molecule has 27 heavy (non-hydrogen) atoms. The van der Waals surface area contributed by atoms with Gasteiger partial charge in [0, 0.05) is 41.2 Å². The van der Waals surface area contributed by atoms with Crippen LogP contribution in [0.5, 0.6) is 0 Å². The number of nitrogens with zero attached hydrogens (tertiary/aromatic N) is 2. The van der Waals surface area contributed by atoms with Gasteiger partial charge in [-0.05, 0) is 42.3 Å². The number of aryl methyl sites for hydroxylation is 2. The summed E-state index contributed by atoms with van der Waals surface area (Å²) in [5.41, 5.74) is 4.86. The van der Waals surface area contributed by atoms with E-state index in [1.54, 1.807) is 18.2 Å². The Balaban J connectivity index is 1.92. The molecular formula is C19H18Cl2N2O3S. The summed E-state index contributed by atoms with van der Waals surface area (Å²) >= 11 is 12.3. The molecule has 3 rings (SSSR count). The second-order valence-electron chi connectivity index (χ2n) is 6.34. The molecule has 0 aliphatic rings. The van der Waals surface area contributed by atoms with Crippen LogP contribution in [0.1, 0.15) is 28.1 Å². The summed E-state index contributed by atoms with van der Waals surface area (Å²) in [6.45, 7) is 1.95. The number of rotatable bonds is 5. The third kappa shape index (κ3) is 4.52. The molecule has 0 aliphatic carbocycles. The Morgan fingerprint density at radius 2 is 1.74 bits per heavy atom. The molecule has 0 radical (unpaired) electrons. The van der Waals surface area contributed by atoms with E-state index in [-0.39, 0.29) is 4.90 Å². The number of aromatic nitrogens is 2. The smallest absolute Gasteiger partial charge is 0.282 e. The quantitative estimate of drug-likeness (QED) is 0.613. The fraction of sp³-hybridized carbons (Fsp3) is 0.211. The van der Waals surface area contributed by atoms with Gasteiger partial charge in [-0.2, -0.15) is 13.5 Å². The Morgan fingerprint density at radius 1 is 1.07 bits per heavy atom. The van der Waals surface area contributed by atoms with Crippen LogP contribution in [-0.2, 0) is 30.0 Å². The number of hydrogen-bond donors (Lipinski definition) is 1. The highest BCUT2D eigenvalue weighted by molar-refractivity contribution is 7.85. The highest BCUT2D eigenvalue weighted by atomic mass is 35.5. The summed E-state index contributed by atoms with van der Waals surface area (Å²) in [4.78, 5) is -0.124. The van der Waals surface area contributed by atoms with Gasteiger partial charge in [0.2, 0.25) is 0 Å². The molecule has 8 heteroatoms. The summed E-state index contributed by atoms with van der Waals surface area (Å²) in [5, 5.41) is 5.71. The third-order valence-corrected chi connectivity index (χ3v) is 5.91. The van der Waals surface area contributed by atoms with E-state index in [0.29, 0.717) is 22.9 Å². The molecule has 0 unspecified atom stereocenters. The second-order valence-corrected chi connectivity index (χ2v) is 8.61. The van der Waals surface area contributed by atoms with Crippen molar-refractivity contribution >= 4 is 33.3 Å². The fourth-order valence-corrected chi connectivity index (χ4v) is 3.98. The molecule has 0 atom stereocenters. The van der Waals surface area contributed by atoms with E-state index < -0.39 is 10.1 Å². The predicted molar refractivity (Wildman–Crippen MR) is 106 cm³/mol. The zero-order valence-electron chi connectivity index (χ0n) is 14.8. The minimum absolute atomic E-state index is 0.124. The highest BCUT2D eigenvalue weighted by Crippen LogP contribution is 2.27. The number of benzene rings is 2. The summed E-state index contributed by atoms with van der Waals surface area (Å²) in [6.07, 6.45) is 1.19. The van der Waals surface area contributed by atoms with Crippen molar-refractivity contribution in [3.63, 3.8) is 0 Å². The van der Waals surface area contributed by atoms with Gasteiger partial charge in [0.25, 0.3) is 10.1 Å². The maximum atomic E-state index is 11.2. The highest BCUT2D eigenvalue weighted by Gasteiger charge is 2.16. The van der Waals surface area contributed by atoms with Crippen molar-refractivity contribution in [2.24, 2.45) is 7.05 Å². The molecule has 1 N–H and O–H groups in total. The van der Waals surface area contributed by atoms with E-state index in [9.17, 15) is 8.42 Å². The molecule has 3 aromatic rings. The lowest BCUT2D eigenvalue weighted by Crippen LogP contribution is -2.03. The molecule has 5 nitrogen and oxygen atoms in total. The van der Waals surface area contributed by atoms with Crippen LogP contribution in [0, 0.1) is 6.92 Å². The average Bonchev–Trinajstić information content (AvgIpc) is 2.84. The maximum Gasteiger partial charge on any atom is 0.294 e. The first-order valence-corrected chi connectivity index (χ1v) is 10.4. The lowest BCUT2D eigenvalue weighted by molar-refractivity contribution is 0.483. The predicted octanol–water partition coefficient (Wildman–Crippen LogP) is 4.46. The topological polar surface area (TPSA) is 72.2 Å². The molecule has 0 saturated heterocycles. The van der Waals surface area contributed by atoms with Gasteiger partial charge in [0.15, 0.2) is 0 Å². The Kier molecular flexibility index (Phi) is 5.63. The van der Waals surface area contributed by atoms with Crippen molar-refractivity contribution in [2.75, 3.05) is 0 Å². The molecule has 1 aromatic heterocycles. The first kappa shape index (κ1) is 19.9. The summed E-state index contributed by atoms with van der Waals surface area (Å²) in [6, 6.07) is 11.6. The van der Waals surface area contributed by atoms with Crippen molar-refractivity contribution < 1.29 is 13.0 Å². The molecule has 0 spiro atoms. The molecule has 0 bridgehead atoms. The molecule has 0 fully saturated rings. The first-order chi connectivity index (χ1) is 12.6. The van der Waals surface area contributed by atoms with E-state index in [1.165, 1.54) is 12.1 Å². The number of halogens is 2. The van der Waals surface area contributed by atoms with Gasteiger partial charge in [0.05, 0.1) is 10.6 Å². The van der Waals surface area contributed by atoms with Crippen LogP contribution in [0.4, 0.5) is 0 Å². The van der Waals surface area contributed by atoms with Crippen LogP contribution in [0.25, 0.3) is 0 Å². The Labute approximate surface area is 168 Å². The second kappa shape index (κ2) is 7.64. The van der Waals surface area contributed by atoms with Gasteiger partial charge in [-0.3, -0.25) is 9.23 Å². The molecular weight excluding hydrogens is 407 g/mol. The van der Waals surface area contributed by atoms with E-state index in [0.717, 1.165) is 28.1 Å².